The van der Waals surface area contributed by atoms with Crippen LogP contribution in [0.5, 0.6) is 5.75 Å². The lowest BCUT2D eigenvalue weighted by Crippen LogP contribution is -2.48. The summed E-state index contributed by atoms with van der Waals surface area (Å²) in [6.07, 6.45) is 1.69. The van der Waals surface area contributed by atoms with E-state index >= 15 is 0 Å². The largest absolute Gasteiger partial charge is 0.486 e. The molecule has 1 saturated heterocycles. The van der Waals surface area contributed by atoms with E-state index in [1.807, 2.05) is 49.1 Å². The average molecular weight is 394 g/mol. The number of aryl methyl sites for hydroxylation is 2. The van der Waals surface area contributed by atoms with Crippen molar-refractivity contribution < 1.29 is 18.4 Å². The molecule has 6 nitrogen and oxygen atoms in total. The quantitative estimate of drug-likeness (QED) is 0.632. The van der Waals surface area contributed by atoms with Gasteiger partial charge in [-0.15, -0.1) is 0 Å². The monoisotopic (exact) mass is 394 g/mol. The van der Waals surface area contributed by atoms with Crippen molar-refractivity contribution in [1.29, 1.82) is 0 Å². The fourth-order valence-corrected chi connectivity index (χ4v) is 3.63. The van der Waals surface area contributed by atoms with Gasteiger partial charge in [0.15, 0.2) is 5.76 Å². The molecule has 0 spiro atoms. The standard InChI is InChI=1S/C23H26N2O4/c1-17-12-18(2)14-21(13-17)28-16-20-5-6-22(29-20)23(26)25-9-7-24(8-10-25)15-19-4-3-11-27-19/h3-6,11-14H,7-10,15-16H2,1-2H3. The minimum absolute atomic E-state index is 0.0692. The van der Waals surface area contributed by atoms with Gasteiger partial charge in [0.1, 0.15) is 23.9 Å². The number of nitrogens with zero attached hydrogens (tertiary/aromatic N) is 2. The van der Waals surface area contributed by atoms with Crippen LogP contribution in [0.15, 0.2) is 57.6 Å². The van der Waals surface area contributed by atoms with Gasteiger partial charge in [0.25, 0.3) is 5.91 Å². The summed E-state index contributed by atoms with van der Waals surface area (Å²) < 4.78 is 17.0. The van der Waals surface area contributed by atoms with Crippen molar-refractivity contribution in [2.45, 2.75) is 27.0 Å². The van der Waals surface area contributed by atoms with Crippen LogP contribution in [0.25, 0.3) is 0 Å². The number of hydrogen-bond acceptors (Lipinski definition) is 5. The second-order valence-corrected chi connectivity index (χ2v) is 7.53. The zero-order valence-electron chi connectivity index (χ0n) is 16.9. The molecule has 1 aliphatic rings. The normalized spacial score (nSPS) is 14.9. The van der Waals surface area contributed by atoms with E-state index in [1.54, 1.807) is 12.3 Å². The van der Waals surface area contributed by atoms with Crippen LogP contribution in [0, 0.1) is 13.8 Å². The lowest BCUT2D eigenvalue weighted by molar-refractivity contribution is 0.0586. The van der Waals surface area contributed by atoms with Gasteiger partial charge in [0.2, 0.25) is 0 Å². The SMILES string of the molecule is Cc1cc(C)cc(OCc2ccc(C(=O)N3CCN(Cc4ccco4)CC3)o2)c1. The predicted octanol–water partition coefficient (Wildman–Crippen LogP) is 4.03. The van der Waals surface area contributed by atoms with Gasteiger partial charge >= 0.3 is 0 Å². The van der Waals surface area contributed by atoms with E-state index in [0.29, 0.717) is 31.2 Å². The van der Waals surface area contributed by atoms with Crippen LogP contribution >= 0.6 is 0 Å². The third kappa shape index (κ3) is 4.90. The third-order valence-electron chi connectivity index (χ3n) is 5.07. The van der Waals surface area contributed by atoms with Gasteiger partial charge in [-0.2, -0.15) is 0 Å². The first-order valence-electron chi connectivity index (χ1n) is 9.90. The third-order valence-corrected chi connectivity index (χ3v) is 5.07. The molecule has 2 aromatic heterocycles. The van der Waals surface area contributed by atoms with E-state index < -0.39 is 0 Å². The molecule has 1 aromatic carbocycles. The smallest absolute Gasteiger partial charge is 0.289 e. The van der Waals surface area contributed by atoms with Gasteiger partial charge in [-0.25, -0.2) is 0 Å². The Kier molecular flexibility index (Phi) is 5.71. The second-order valence-electron chi connectivity index (χ2n) is 7.53. The number of furan rings is 2. The Hall–Kier alpha value is -2.99. The van der Waals surface area contributed by atoms with Gasteiger partial charge in [0, 0.05) is 26.2 Å². The molecular weight excluding hydrogens is 368 g/mol. The first kappa shape index (κ1) is 19.3. The van der Waals surface area contributed by atoms with Crippen LogP contribution in [-0.4, -0.2) is 41.9 Å². The van der Waals surface area contributed by atoms with E-state index in [9.17, 15) is 4.79 Å². The van der Waals surface area contributed by atoms with Crippen LogP contribution in [0.4, 0.5) is 0 Å². The Balaban J connectivity index is 1.29. The van der Waals surface area contributed by atoms with Gasteiger partial charge in [-0.1, -0.05) is 6.07 Å². The highest BCUT2D eigenvalue weighted by molar-refractivity contribution is 5.91. The van der Waals surface area contributed by atoms with E-state index in [4.69, 9.17) is 13.6 Å². The number of hydrogen-bond donors (Lipinski definition) is 0. The lowest BCUT2D eigenvalue weighted by Gasteiger charge is -2.33. The van der Waals surface area contributed by atoms with Crippen molar-refractivity contribution in [3.05, 3.63) is 77.1 Å². The minimum atomic E-state index is -0.0692. The summed E-state index contributed by atoms with van der Waals surface area (Å²) >= 11 is 0. The molecule has 3 aromatic rings. The van der Waals surface area contributed by atoms with Crippen molar-refractivity contribution in [2.24, 2.45) is 0 Å². The second kappa shape index (κ2) is 8.57. The van der Waals surface area contributed by atoms with E-state index in [0.717, 1.165) is 42.3 Å². The van der Waals surface area contributed by atoms with E-state index in [-0.39, 0.29) is 5.91 Å². The fraction of sp³-hybridized carbons (Fsp3) is 0.348. The summed E-state index contributed by atoms with van der Waals surface area (Å²) in [5, 5.41) is 0. The number of piperazine rings is 1. The van der Waals surface area contributed by atoms with Gasteiger partial charge < -0.3 is 18.5 Å². The molecule has 152 valence electrons. The Morgan fingerprint density at radius 2 is 1.76 bits per heavy atom. The first-order chi connectivity index (χ1) is 14.1. The highest BCUT2D eigenvalue weighted by Crippen LogP contribution is 2.19. The molecule has 0 saturated carbocycles. The molecule has 3 heterocycles. The summed E-state index contributed by atoms with van der Waals surface area (Å²) in [5.74, 6) is 2.69. The molecule has 0 atom stereocenters. The number of rotatable bonds is 6. The number of carbonyl (C=O) groups excluding carboxylic acids is 1. The highest BCUT2D eigenvalue weighted by atomic mass is 16.5. The topological polar surface area (TPSA) is 59.1 Å². The molecular formula is C23H26N2O4. The fourth-order valence-electron chi connectivity index (χ4n) is 3.63. The molecule has 0 unspecified atom stereocenters. The van der Waals surface area contributed by atoms with Gasteiger partial charge in [0.05, 0.1) is 12.8 Å². The molecule has 6 heteroatoms. The molecule has 0 aliphatic carbocycles. The minimum Gasteiger partial charge on any atom is -0.486 e. The highest BCUT2D eigenvalue weighted by Gasteiger charge is 2.24. The van der Waals surface area contributed by atoms with Crippen LogP contribution in [-0.2, 0) is 13.2 Å². The van der Waals surface area contributed by atoms with Crippen LogP contribution in [0.1, 0.15) is 33.2 Å². The Labute approximate surface area is 170 Å². The van der Waals surface area contributed by atoms with Crippen molar-refractivity contribution in [3.63, 3.8) is 0 Å². The lowest BCUT2D eigenvalue weighted by atomic mass is 10.1. The van der Waals surface area contributed by atoms with Crippen LogP contribution in [0.2, 0.25) is 0 Å². The van der Waals surface area contributed by atoms with Crippen molar-refractivity contribution in [1.82, 2.24) is 9.80 Å². The molecule has 1 fully saturated rings. The number of carbonyl (C=O) groups is 1. The van der Waals surface area contributed by atoms with Crippen LogP contribution < -0.4 is 4.74 Å². The molecule has 0 radical (unpaired) electrons. The van der Waals surface area contributed by atoms with Gasteiger partial charge in [-0.3, -0.25) is 9.69 Å². The van der Waals surface area contributed by atoms with Crippen molar-refractivity contribution >= 4 is 5.91 Å². The van der Waals surface area contributed by atoms with E-state index in [2.05, 4.69) is 11.0 Å². The predicted molar refractivity (Wildman–Crippen MR) is 109 cm³/mol. The van der Waals surface area contributed by atoms with Crippen LogP contribution in [0.3, 0.4) is 0 Å². The average Bonchev–Trinajstić information content (AvgIpc) is 3.38. The molecule has 0 N–H and O–H groups in total. The molecule has 4 rings (SSSR count). The van der Waals surface area contributed by atoms with Crippen molar-refractivity contribution in [2.75, 3.05) is 26.2 Å². The summed E-state index contributed by atoms with van der Waals surface area (Å²) in [6.45, 7) is 8.13. The Bertz CT molecular complexity index is 933. The maximum atomic E-state index is 12.8. The zero-order chi connectivity index (χ0) is 20.2. The number of amides is 1. The summed E-state index contributed by atoms with van der Waals surface area (Å²) in [7, 11) is 0. The number of ether oxygens (including phenoxy) is 1. The zero-order valence-corrected chi connectivity index (χ0v) is 16.9. The summed E-state index contributed by atoms with van der Waals surface area (Å²) in [4.78, 5) is 16.9. The maximum Gasteiger partial charge on any atom is 0.289 e. The molecule has 1 amide bonds. The van der Waals surface area contributed by atoms with Gasteiger partial charge in [-0.05, 0) is 61.4 Å². The maximum absolute atomic E-state index is 12.8. The molecule has 29 heavy (non-hydrogen) atoms. The summed E-state index contributed by atoms with van der Waals surface area (Å²) in [6, 6.07) is 13.5. The summed E-state index contributed by atoms with van der Waals surface area (Å²) in [5.41, 5.74) is 2.31. The molecule has 1 aliphatic heterocycles. The molecule has 0 bridgehead atoms. The first-order valence-corrected chi connectivity index (χ1v) is 9.90. The Morgan fingerprint density at radius 1 is 1.00 bits per heavy atom. The number of benzene rings is 1. The van der Waals surface area contributed by atoms with E-state index in [1.165, 1.54) is 0 Å². The Morgan fingerprint density at radius 3 is 2.45 bits per heavy atom. The van der Waals surface area contributed by atoms with Crippen molar-refractivity contribution in [3.8, 4) is 5.75 Å².